The molecule has 1 aromatic heterocycles. The average molecular weight is 291 g/mol. The smallest absolute Gasteiger partial charge is 0.235 e. The summed E-state index contributed by atoms with van der Waals surface area (Å²) in [6.45, 7) is 3.64. The molecular weight excluding hydrogens is 277 g/mol. The van der Waals surface area contributed by atoms with E-state index in [9.17, 15) is 9.18 Å². The average Bonchev–Trinajstić information content (AvgIpc) is 2.36. The molecule has 1 aromatic carbocycles. The van der Waals surface area contributed by atoms with Crippen molar-refractivity contribution in [3.05, 3.63) is 53.2 Å². The first-order chi connectivity index (χ1) is 9.45. The van der Waals surface area contributed by atoms with Crippen LogP contribution in [-0.4, -0.2) is 15.9 Å². The highest BCUT2D eigenvalue weighted by atomic mass is 32.2. The summed E-state index contributed by atoms with van der Waals surface area (Å²) in [6, 6.07) is 7.51. The zero-order valence-electron chi connectivity index (χ0n) is 11.1. The number of aryl methyl sites for hydroxylation is 2. The number of halogens is 1. The Morgan fingerprint density at radius 3 is 2.45 bits per heavy atom. The number of amides is 1. The van der Waals surface area contributed by atoms with Crippen molar-refractivity contribution >= 4 is 17.7 Å². The summed E-state index contributed by atoms with van der Waals surface area (Å²) in [5.74, 6) is -0.207. The number of carbonyl (C=O) groups is 1. The van der Waals surface area contributed by atoms with Crippen molar-refractivity contribution in [3.8, 4) is 0 Å². The highest BCUT2D eigenvalue weighted by molar-refractivity contribution is 8.00. The highest BCUT2D eigenvalue weighted by Crippen LogP contribution is 2.34. The Bertz CT molecular complexity index is 611. The number of aromatic nitrogens is 2. The number of thioether (sulfide) groups is 1. The Hall–Kier alpha value is -1.95. The SMILES string of the molecule is Cc1cc(SC(C(N)=O)c2ccc(F)cc2)nc(C)n1. The van der Waals surface area contributed by atoms with Crippen molar-refractivity contribution in [2.24, 2.45) is 5.73 Å². The van der Waals surface area contributed by atoms with E-state index in [4.69, 9.17) is 5.73 Å². The minimum atomic E-state index is -0.607. The number of nitrogens with zero attached hydrogens (tertiary/aromatic N) is 2. The van der Waals surface area contributed by atoms with Gasteiger partial charge in [0.15, 0.2) is 0 Å². The molecule has 0 fully saturated rings. The maximum atomic E-state index is 12.9. The Morgan fingerprint density at radius 2 is 1.90 bits per heavy atom. The fraction of sp³-hybridized carbons (Fsp3) is 0.214. The lowest BCUT2D eigenvalue weighted by Gasteiger charge is -2.13. The van der Waals surface area contributed by atoms with Gasteiger partial charge < -0.3 is 5.73 Å². The summed E-state index contributed by atoms with van der Waals surface area (Å²) >= 11 is 1.24. The Balaban J connectivity index is 2.30. The predicted molar refractivity (Wildman–Crippen MR) is 75.7 cm³/mol. The fourth-order valence-electron chi connectivity index (χ4n) is 1.79. The van der Waals surface area contributed by atoms with Gasteiger partial charge in [0.25, 0.3) is 0 Å². The second kappa shape index (κ2) is 6.00. The van der Waals surface area contributed by atoms with E-state index in [-0.39, 0.29) is 5.82 Å². The van der Waals surface area contributed by atoms with Crippen molar-refractivity contribution in [2.75, 3.05) is 0 Å². The van der Waals surface area contributed by atoms with Crippen LogP contribution >= 0.6 is 11.8 Å². The molecule has 104 valence electrons. The van der Waals surface area contributed by atoms with Crippen LogP contribution in [0.25, 0.3) is 0 Å². The van der Waals surface area contributed by atoms with Crippen LogP contribution < -0.4 is 5.73 Å². The van der Waals surface area contributed by atoms with Gasteiger partial charge in [0.05, 0.1) is 0 Å². The zero-order chi connectivity index (χ0) is 14.7. The van der Waals surface area contributed by atoms with Gasteiger partial charge in [-0.2, -0.15) is 0 Å². The Labute approximate surface area is 120 Å². The summed E-state index contributed by atoms with van der Waals surface area (Å²) in [6.07, 6.45) is 0. The van der Waals surface area contributed by atoms with Gasteiger partial charge >= 0.3 is 0 Å². The van der Waals surface area contributed by atoms with Gasteiger partial charge in [-0.3, -0.25) is 4.79 Å². The molecule has 2 rings (SSSR count). The van der Waals surface area contributed by atoms with E-state index >= 15 is 0 Å². The molecule has 1 unspecified atom stereocenters. The number of hydrogen-bond donors (Lipinski definition) is 1. The van der Waals surface area contributed by atoms with Gasteiger partial charge in [-0.1, -0.05) is 23.9 Å². The second-order valence-electron chi connectivity index (χ2n) is 4.35. The molecule has 0 aliphatic rings. The highest BCUT2D eigenvalue weighted by Gasteiger charge is 2.20. The Kier molecular flexibility index (Phi) is 4.34. The topological polar surface area (TPSA) is 68.9 Å². The molecule has 0 bridgehead atoms. The standard InChI is InChI=1S/C14H14FN3OS/c1-8-7-12(18-9(2)17-8)20-13(14(16)19)10-3-5-11(15)6-4-10/h3-7,13H,1-2H3,(H2,16,19). The normalized spacial score (nSPS) is 12.2. The molecular formula is C14H14FN3OS. The number of nitrogens with two attached hydrogens (primary N) is 1. The molecule has 1 amide bonds. The lowest BCUT2D eigenvalue weighted by atomic mass is 10.1. The third-order valence-corrected chi connectivity index (χ3v) is 3.80. The molecule has 6 heteroatoms. The van der Waals surface area contributed by atoms with Gasteiger partial charge in [0.1, 0.15) is 21.9 Å². The van der Waals surface area contributed by atoms with Crippen molar-refractivity contribution in [2.45, 2.75) is 24.1 Å². The number of carbonyl (C=O) groups excluding carboxylic acids is 1. The number of benzene rings is 1. The molecule has 0 saturated carbocycles. The van der Waals surface area contributed by atoms with Crippen molar-refractivity contribution in [1.29, 1.82) is 0 Å². The van der Waals surface area contributed by atoms with Crippen LogP contribution in [0.2, 0.25) is 0 Å². The molecule has 4 nitrogen and oxygen atoms in total. The summed E-state index contributed by atoms with van der Waals surface area (Å²) in [5.41, 5.74) is 6.91. The molecule has 20 heavy (non-hydrogen) atoms. The number of rotatable bonds is 4. The second-order valence-corrected chi connectivity index (χ2v) is 5.47. The lowest BCUT2D eigenvalue weighted by molar-refractivity contribution is -0.117. The zero-order valence-corrected chi connectivity index (χ0v) is 11.9. The van der Waals surface area contributed by atoms with E-state index in [0.29, 0.717) is 16.4 Å². The first kappa shape index (κ1) is 14.5. The molecule has 0 aliphatic carbocycles. The largest absolute Gasteiger partial charge is 0.368 e. The first-order valence-corrected chi connectivity index (χ1v) is 6.87. The van der Waals surface area contributed by atoms with Gasteiger partial charge in [0.2, 0.25) is 5.91 Å². The number of hydrogen-bond acceptors (Lipinski definition) is 4. The fourth-order valence-corrected chi connectivity index (χ4v) is 2.87. The van der Waals surface area contributed by atoms with Crippen LogP contribution in [0.3, 0.4) is 0 Å². The van der Waals surface area contributed by atoms with Crippen LogP contribution in [0.1, 0.15) is 22.3 Å². The summed E-state index contributed by atoms with van der Waals surface area (Å²) in [7, 11) is 0. The Morgan fingerprint density at radius 1 is 1.25 bits per heavy atom. The lowest BCUT2D eigenvalue weighted by Crippen LogP contribution is -2.19. The molecule has 0 radical (unpaired) electrons. The van der Waals surface area contributed by atoms with Crippen molar-refractivity contribution < 1.29 is 9.18 Å². The first-order valence-electron chi connectivity index (χ1n) is 5.99. The monoisotopic (exact) mass is 291 g/mol. The summed E-state index contributed by atoms with van der Waals surface area (Å²) in [5, 5.41) is 0.0624. The summed E-state index contributed by atoms with van der Waals surface area (Å²) in [4.78, 5) is 20.1. The molecule has 2 aromatic rings. The van der Waals surface area contributed by atoms with Crippen molar-refractivity contribution in [1.82, 2.24) is 9.97 Å². The van der Waals surface area contributed by atoms with Crippen LogP contribution in [0, 0.1) is 19.7 Å². The van der Waals surface area contributed by atoms with Gasteiger partial charge in [0, 0.05) is 5.69 Å². The summed E-state index contributed by atoms with van der Waals surface area (Å²) < 4.78 is 12.9. The van der Waals surface area contributed by atoms with E-state index in [0.717, 1.165) is 5.69 Å². The molecule has 0 spiro atoms. The number of primary amides is 1. The molecule has 0 aliphatic heterocycles. The third kappa shape index (κ3) is 3.54. The molecule has 2 N–H and O–H groups in total. The van der Waals surface area contributed by atoms with Gasteiger partial charge in [-0.05, 0) is 37.6 Å². The quantitative estimate of drug-likeness (QED) is 0.694. The maximum absolute atomic E-state index is 12.9. The van der Waals surface area contributed by atoms with Crippen LogP contribution in [0.4, 0.5) is 4.39 Å². The minimum Gasteiger partial charge on any atom is -0.368 e. The van der Waals surface area contributed by atoms with Crippen molar-refractivity contribution in [3.63, 3.8) is 0 Å². The van der Waals surface area contributed by atoms with E-state index in [1.807, 2.05) is 6.92 Å². The van der Waals surface area contributed by atoms with Crippen LogP contribution in [0.15, 0.2) is 35.4 Å². The third-order valence-electron chi connectivity index (χ3n) is 2.61. The predicted octanol–water partition coefficient (Wildman–Crippen LogP) is 2.55. The van der Waals surface area contributed by atoms with E-state index in [1.54, 1.807) is 25.1 Å². The van der Waals surface area contributed by atoms with E-state index in [1.165, 1.54) is 23.9 Å². The van der Waals surface area contributed by atoms with Gasteiger partial charge in [-0.15, -0.1) is 0 Å². The maximum Gasteiger partial charge on any atom is 0.235 e. The minimum absolute atomic E-state index is 0.351. The van der Waals surface area contributed by atoms with Crippen LogP contribution in [-0.2, 0) is 4.79 Å². The van der Waals surface area contributed by atoms with E-state index < -0.39 is 11.2 Å². The van der Waals surface area contributed by atoms with E-state index in [2.05, 4.69) is 9.97 Å². The van der Waals surface area contributed by atoms with Crippen LogP contribution in [0.5, 0.6) is 0 Å². The van der Waals surface area contributed by atoms with Gasteiger partial charge in [-0.25, -0.2) is 14.4 Å². The molecule has 0 saturated heterocycles. The molecule has 1 heterocycles. The molecule has 1 atom stereocenters.